The Labute approximate surface area is 225 Å². The first-order chi connectivity index (χ1) is 17.8. The third-order valence-corrected chi connectivity index (χ3v) is 6.73. The number of unbranched alkanes of at least 4 members (excludes halogenated alkanes) is 4. The predicted octanol–water partition coefficient (Wildman–Crippen LogP) is 9.77. The van der Waals surface area contributed by atoms with Crippen molar-refractivity contribution in [1.82, 2.24) is 9.78 Å². The van der Waals surface area contributed by atoms with E-state index in [1.54, 1.807) is 0 Å². The Morgan fingerprint density at radius 1 is 1.00 bits per heavy atom. The van der Waals surface area contributed by atoms with E-state index in [1.165, 1.54) is 37.7 Å². The number of aromatic nitrogens is 2. The maximum Gasteiger partial charge on any atom is 0.0766 e. The highest BCUT2D eigenvalue weighted by Crippen LogP contribution is 2.30. The van der Waals surface area contributed by atoms with E-state index in [1.807, 2.05) is 49.1 Å². The van der Waals surface area contributed by atoms with Crippen molar-refractivity contribution in [3.8, 4) is 17.2 Å². The van der Waals surface area contributed by atoms with Crippen LogP contribution < -0.4 is 0 Å². The maximum atomic E-state index is 9.47. The van der Waals surface area contributed by atoms with Crippen LogP contribution in [0.25, 0.3) is 22.9 Å². The van der Waals surface area contributed by atoms with E-state index >= 15 is 0 Å². The van der Waals surface area contributed by atoms with Gasteiger partial charge in [-0.1, -0.05) is 114 Å². The fraction of sp³-hybridized carbons (Fsp3) is 0.412. The van der Waals surface area contributed by atoms with Crippen LogP contribution in [0.1, 0.15) is 95.5 Å². The molecule has 1 heterocycles. The third kappa shape index (κ3) is 8.60. The first-order valence-electron chi connectivity index (χ1n) is 13.8. The highest BCUT2D eigenvalue weighted by Gasteiger charge is 2.20. The summed E-state index contributed by atoms with van der Waals surface area (Å²) in [6.07, 6.45) is 15.0. The van der Waals surface area contributed by atoms with Gasteiger partial charge in [0, 0.05) is 17.5 Å². The summed E-state index contributed by atoms with van der Waals surface area (Å²) in [7, 11) is 0. The lowest BCUT2D eigenvalue weighted by molar-refractivity contribution is 0.656. The fourth-order valence-electron chi connectivity index (χ4n) is 4.18. The summed E-state index contributed by atoms with van der Waals surface area (Å²) in [5, 5.41) is 14.1. The van der Waals surface area contributed by atoms with Gasteiger partial charge in [-0.15, -0.1) is 0 Å². The van der Waals surface area contributed by atoms with Crippen molar-refractivity contribution in [3.63, 3.8) is 0 Å². The highest BCUT2D eigenvalue weighted by atomic mass is 15.3. The molecule has 0 bridgehead atoms. The second-order valence-corrected chi connectivity index (χ2v) is 10.2. The first kappa shape index (κ1) is 29.8. The van der Waals surface area contributed by atoms with Crippen LogP contribution in [0.5, 0.6) is 0 Å². The van der Waals surface area contributed by atoms with Crippen molar-refractivity contribution in [2.45, 2.75) is 91.9 Å². The van der Waals surface area contributed by atoms with Crippen molar-refractivity contribution in [3.05, 3.63) is 89.8 Å². The smallest absolute Gasteiger partial charge is 0.0766 e. The number of nitrogens with zero attached hydrogens (tertiary/aromatic N) is 3. The molecule has 0 saturated carbocycles. The number of hydrogen-bond acceptors (Lipinski definition) is 2. The normalized spacial score (nSPS) is 11.4. The Morgan fingerprint density at radius 3 is 2.24 bits per heavy atom. The number of rotatable bonds is 11. The van der Waals surface area contributed by atoms with E-state index in [9.17, 15) is 5.26 Å². The molecule has 1 aromatic heterocycles. The van der Waals surface area contributed by atoms with Gasteiger partial charge >= 0.3 is 0 Å². The van der Waals surface area contributed by atoms with Crippen LogP contribution in [-0.4, -0.2) is 9.78 Å². The van der Waals surface area contributed by atoms with Crippen LogP contribution in [-0.2, 0) is 11.8 Å². The molecular weight excluding hydrogens is 450 g/mol. The van der Waals surface area contributed by atoms with Crippen LogP contribution in [0.2, 0.25) is 0 Å². The van der Waals surface area contributed by atoms with Gasteiger partial charge in [-0.25, -0.2) is 4.68 Å². The third-order valence-electron chi connectivity index (χ3n) is 6.73. The molecule has 0 aliphatic heterocycles. The number of hydrogen-bond donors (Lipinski definition) is 0. The standard InChI is InChI=1S/C27H29N3.C7H16/c1-6-9-21-12-14-23(15-13-21)22(7-2)18-30-20(3)26(17-29-30)24-10-8-11-25(16-24)27(4,5)19-28;1-3-5-7-6-4-2/h7-8,10-18H,2,6,9H2,1,3-5H3;3-7H2,1-2H3/b22-18+;. The van der Waals surface area contributed by atoms with E-state index in [-0.39, 0.29) is 0 Å². The minimum Gasteiger partial charge on any atom is -0.244 e. The lowest BCUT2D eigenvalue weighted by atomic mass is 9.85. The summed E-state index contributed by atoms with van der Waals surface area (Å²) in [6.45, 7) is 16.6. The number of nitriles is 1. The minimum atomic E-state index is -0.528. The molecule has 3 aromatic rings. The van der Waals surface area contributed by atoms with Crippen molar-refractivity contribution >= 4 is 11.8 Å². The zero-order chi connectivity index (χ0) is 27.3. The molecule has 37 heavy (non-hydrogen) atoms. The van der Waals surface area contributed by atoms with E-state index < -0.39 is 5.41 Å². The monoisotopic (exact) mass is 495 g/mol. The molecule has 0 spiro atoms. The fourth-order valence-corrected chi connectivity index (χ4v) is 4.18. The van der Waals surface area contributed by atoms with Gasteiger partial charge in [0.15, 0.2) is 0 Å². The van der Waals surface area contributed by atoms with Crippen LogP contribution in [0.3, 0.4) is 0 Å². The first-order valence-corrected chi connectivity index (χ1v) is 13.8. The molecule has 2 aromatic carbocycles. The maximum absolute atomic E-state index is 9.47. The molecule has 0 unspecified atom stereocenters. The van der Waals surface area contributed by atoms with Crippen molar-refractivity contribution in [1.29, 1.82) is 5.26 Å². The summed E-state index contributed by atoms with van der Waals surface area (Å²) in [5.74, 6) is 0. The summed E-state index contributed by atoms with van der Waals surface area (Å²) >= 11 is 0. The zero-order valence-electron chi connectivity index (χ0n) is 23.8. The second kappa shape index (κ2) is 15.0. The van der Waals surface area contributed by atoms with E-state index in [4.69, 9.17) is 0 Å². The average molecular weight is 496 g/mol. The number of allylic oxidation sites excluding steroid dienone is 2. The van der Waals surface area contributed by atoms with E-state index in [2.05, 4.69) is 81.8 Å². The molecule has 0 amide bonds. The molecule has 0 aliphatic rings. The molecule has 3 rings (SSSR count). The van der Waals surface area contributed by atoms with Gasteiger partial charge in [-0.3, -0.25) is 0 Å². The quantitative estimate of drug-likeness (QED) is 0.196. The Balaban J connectivity index is 0.000000604. The van der Waals surface area contributed by atoms with Gasteiger partial charge in [0.1, 0.15) is 0 Å². The van der Waals surface area contributed by atoms with Gasteiger partial charge < -0.3 is 0 Å². The Hall–Kier alpha value is -3.38. The Kier molecular flexibility index (Phi) is 12.1. The summed E-state index contributed by atoms with van der Waals surface area (Å²) < 4.78 is 1.90. The molecule has 0 aliphatic carbocycles. The summed E-state index contributed by atoms with van der Waals surface area (Å²) in [4.78, 5) is 0. The number of aryl methyl sites for hydroxylation is 1. The molecule has 0 N–H and O–H groups in total. The van der Waals surface area contributed by atoms with Crippen LogP contribution in [0.15, 0.2) is 67.4 Å². The molecule has 0 radical (unpaired) electrons. The van der Waals surface area contributed by atoms with Crippen LogP contribution in [0.4, 0.5) is 0 Å². The van der Waals surface area contributed by atoms with Crippen molar-refractivity contribution in [2.75, 3.05) is 0 Å². The minimum absolute atomic E-state index is 0.528. The molecule has 3 heteroatoms. The van der Waals surface area contributed by atoms with Gasteiger partial charge in [0.05, 0.1) is 17.7 Å². The van der Waals surface area contributed by atoms with Crippen molar-refractivity contribution < 1.29 is 0 Å². The highest BCUT2D eigenvalue weighted by molar-refractivity contribution is 5.82. The molecule has 0 fully saturated rings. The predicted molar refractivity (Wildman–Crippen MR) is 160 cm³/mol. The Morgan fingerprint density at radius 2 is 1.68 bits per heavy atom. The van der Waals surface area contributed by atoms with E-state index in [0.717, 1.165) is 46.4 Å². The van der Waals surface area contributed by atoms with Gasteiger partial charge in [-0.05, 0) is 61.1 Å². The summed E-state index contributed by atoms with van der Waals surface area (Å²) in [5.41, 5.74) is 7.14. The lowest BCUT2D eigenvalue weighted by Crippen LogP contribution is -2.13. The summed E-state index contributed by atoms with van der Waals surface area (Å²) in [6, 6.07) is 19.2. The SMILES string of the molecule is C=C/C(=C\n1ncc(-c2cccc(C(C)(C)C#N)c2)c1C)c1ccc(CCC)cc1.CCCCCCC. The van der Waals surface area contributed by atoms with Crippen molar-refractivity contribution in [2.24, 2.45) is 0 Å². The molecular formula is C34H45N3. The average Bonchev–Trinajstić information content (AvgIpc) is 3.28. The molecule has 0 saturated heterocycles. The van der Waals surface area contributed by atoms with Crippen LogP contribution >= 0.6 is 0 Å². The topological polar surface area (TPSA) is 41.6 Å². The van der Waals surface area contributed by atoms with Gasteiger partial charge in [0.2, 0.25) is 0 Å². The lowest BCUT2D eigenvalue weighted by Gasteiger charge is -2.16. The van der Waals surface area contributed by atoms with E-state index in [0.29, 0.717) is 0 Å². The van der Waals surface area contributed by atoms with Gasteiger partial charge in [-0.2, -0.15) is 10.4 Å². The molecule has 3 nitrogen and oxygen atoms in total. The molecule has 0 atom stereocenters. The number of benzene rings is 2. The molecule has 196 valence electrons. The van der Waals surface area contributed by atoms with Gasteiger partial charge in [0.25, 0.3) is 0 Å². The van der Waals surface area contributed by atoms with Crippen LogP contribution in [0, 0.1) is 18.3 Å². The second-order valence-electron chi connectivity index (χ2n) is 10.2. The Bertz CT molecular complexity index is 1180. The zero-order valence-corrected chi connectivity index (χ0v) is 23.8. The largest absolute Gasteiger partial charge is 0.244 e.